The van der Waals surface area contributed by atoms with Gasteiger partial charge in [-0.25, -0.2) is 0 Å². The molecule has 1 atom stereocenters. The van der Waals surface area contributed by atoms with Gasteiger partial charge in [-0.3, -0.25) is 9.88 Å². The van der Waals surface area contributed by atoms with E-state index in [0.29, 0.717) is 6.04 Å². The van der Waals surface area contributed by atoms with Crippen molar-refractivity contribution in [3.63, 3.8) is 0 Å². The second-order valence-corrected chi connectivity index (χ2v) is 4.50. The molecule has 1 aromatic rings. The van der Waals surface area contributed by atoms with Gasteiger partial charge >= 0.3 is 0 Å². The van der Waals surface area contributed by atoms with Crippen molar-refractivity contribution in [3.05, 3.63) is 29.6 Å². The molecule has 1 saturated heterocycles. The van der Waals surface area contributed by atoms with Gasteiger partial charge in [-0.2, -0.15) is 0 Å². The molecule has 2 heterocycles. The number of aryl methyl sites for hydroxylation is 1. The smallest absolute Gasteiger partial charge is 0.0547 e. The zero-order valence-electron chi connectivity index (χ0n) is 9.12. The number of rotatable bonds is 3. The number of alkyl halides is 1. The van der Waals surface area contributed by atoms with Gasteiger partial charge in [-0.1, -0.05) is 6.07 Å². The Hall–Kier alpha value is -0.600. The highest BCUT2D eigenvalue weighted by molar-refractivity contribution is 6.18. The fourth-order valence-corrected chi connectivity index (χ4v) is 2.52. The van der Waals surface area contributed by atoms with Crippen molar-refractivity contribution in [2.75, 3.05) is 12.4 Å². The highest BCUT2D eigenvalue weighted by atomic mass is 35.5. The van der Waals surface area contributed by atoms with Gasteiger partial charge in [-0.05, 0) is 38.4 Å². The van der Waals surface area contributed by atoms with E-state index in [-0.39, 0.29) is 0 Å². The molecule has 2 nitrogen and oxygen atoms in total. The van der Waals surface area contributed by atoms with E-state index in [2.05, 4.69) is 22.0 Å². The van der Waals surface area contributed by atoms with Crippen LogP contribution >= 0.6 is 11.6 Å². The largest absolute Gasteiger partial charge is 0.293 e. The van der Waals surface area contributed by atoms with Crippen LogP contribution in [0.2, 0.25) is 0 Å². The Kier molecular flexibility index (Phi) is 3.60. The monoisotopic (exact) mass is 224 g/mol. The van der Waals surface area contributed by atoms with E-state index < -0.39 is 0 Å². The molecule has 1 aliphatic heterocycles. The second-order valence-electron chi connectivity index (χ2n) is 4.19. The van der Waals surface area contributed by atoms with Crippen molar-refractivity contribution in [3.8, 4) is 0 Å². The summed E-state index contributed by atoms with van der Waals surface area (Å²) in [6, 6.07) is 6.75. The molecule has 1 aliphatic rings. The van der Waals surface area contributed by atoms with Gasteiger partial charge < -0.3 is 0 Å². The molecule has 3 heteroatoms. The zero-order valence-corrected chi connectivity index (χ0v) is 9.87. The number of aromatic nitrogens is 1. The summed E-state index contributed by atoms with van der Waals surface area (Å²) in [5, 5.41) is 0. The Labute approximate surface area is 96.3 Å². The molecule has 15 heavy (non-hydrogen) atoms. The van der Waals surface area contributed by atoms with Crippen molar-refractivity contribution in [2.24, 2.45) is 0 Å². The van der Waals surface area contributed by atoms with Gasteiger partial charge in [0.1, 0.15) is 0 Å². The quantitative estimate of drug-likeness (QED) is 0.734. The van der Waals surface area contributed by atoms with Gasteiger partial charge in [0.05, 0.1) is 5.69 Å². The first-order valence-electron chi connectivity index (χ1n) is 5.52. The van der Waals surface area contributed by atoms with Crippen molar-refractivity contribution < 1.29 is 0 Å². The zero-order chi connectivity index (χ0) is 10.7. The number of halogens is 1. The van der Waals surface area contributed by atoms with Crippen LogP contribution in [-0.2, 0) is 6.54 Å². The number of likely N-dealkylation sites (tertiary alicyclic amines) is 1. The lowest BCUT2D eigenvalue weighted by atomic mass is 10.2. The third kappa shape index (κ3) is 2.70. The highest BCUT2D eigenvalue weighted by Gasteiger charge is 2.23. The van der Waals surface area contributed by atoms with E-state index in [0.717, 1.165) is 30.4 Å². The van der Waals surface area contributed by atoms with Gasteiger partial charge in [-0.15, -0.1) is 11.6 Å². The van der Waals surface area contributed by atoms with E-state index in [1.54, 1.807) is 0 Å². The van der Waals surface area contributed by atoms with Crippen LogP contribution in [0.1, 0.15) is 24.2 Å². The summed E-state index contributed by atoms with van der Waals surface area (Å²) >= 11 is 5.94. The van der Waals surface area contributed by atoms with E-state index in [4.69, 9.17) is 11.6 Å². The van der Waals surface area contributed by atoms with Crippen molar-refractivity contribution in [2.45, 2.75) is 32.4 Å². The normalized spacial score (nSPS) is 22.1. The Morgan fingerprint density at radius 3 is 3.13 bits per heavy atom. The van der Waals surface area contributed by atoms with Gasteiger partial charge in [0.15, 0.2) is 0 Å². The summed E-state index contributed by atoms with van der Waals surface area (Å²) in [6.07, 6.45) is 2.50. The van der Waals surface area contributed by atoms with E-state index >= 15 is 0 Å². The Morgan fingerprint density at radius 2 is 2.40 bits per heavy atom. The maximum atomic E-state index is 5.94. The molecule has 0 bridgehead atoms. The maximum absolute atomic E-state index is 5.94. The van der Waals surface area contributed by atoms with Crippen LogP contribution in [0.4, 0.5) is 0 Å². The van der Waals surface area contributed by atoms with Crippen LogP contribution in [0.25, 0.3) is 0 Å². The van der Waals surface area contributed by atoms with Crippen LogP contribution < -0.4 is 0 Å². The highest BCUT2D eigenvalue weighted by Crippen LogP contribution is 2.20. The molecule has 0 saturated carbocycles. The van der Waals surface area contributed by atoms with Crippen LogP contribution in [0.15, 0.2) is 18.2 Å². The van der Waals surface area contributed by atoms with Crippen LogP contribution in [0, 0.1) is 6.92 Å². The lowest BCUT2D eigenvalue weighted by Crippen LogP contribution is -2.30. The van der Waals surface area contributed by atoms with Crippen LogP contribution in [0.5, 0.6) is 0 Å². The first-order chi connectivity index (χ1) is 7.29. The summed E-state index contributed by atoms with van der Waals surface area (Å²) in [7, 11) is 0. The fraction of sp³-hybridized carbons (Fsp3) is 0.583. The third-order valence-electron chi connectivity index (χ3n) is 2.99. The molecule has 0 aromatic carbocycles. The summed E-state index contributed by atoms with van der Waals surface area (Å²) < 4.78 is 0. The summed E-state index contributed by atoms with van der Waals surface area (Å²) in [6.45, 7) is 4.14. The Bertz CT molecular complexity index is 327. The van der Waals surface area contributed by atoms with Crippen LogP contribution in [0.3, 0.4) is 0 Å². The number of hydrogen-bond donors (Lipinski definition) is 0. The summed E-state index contributed by atoms with van der Waals surface area (Å²) in [5.41, 5.74) is 2.25. The summed E-state index contributed by atoms with van der Waals surface area (Å²) in [5.74, 6) is 0.742. The minimum atomic E-state index is 0.550. The molecule has 0 radical (unpaired) electrons. The Balaban J connectivity index is 2.02. The number of hydrogen-bond acceptors (Lipinski definition) is 2. The predicted octanol–water partition coefficient (Wildman–Crippen LogP) is 2.59. The minimum absolute atomic E-state index is 0.550. The molecular weight excluding hydrogens is 208 g/mol. The average molecular weight is 225 g/mol. The first-order valence-corrected chi connectivity index (χ1v) is 6.05. The van der Waals surface area contributed by atoms with Gasteiger partial charge in [0.25, 0.3) is 0 Å². The first kappa shape index (κ1) is 10.9. The number of nitrogens with zero attached hydrogens (tertiary/aromatic N) is 2. The van der Waals surface area contributed by atoms with Crippen molar-refractivity contribution in [1.29, 1.82) is 0 Å². The fourth-order valence-electron chi connectivity index (χ4n) is 2.17. The van der Waals surface area contributed by atoms with Crippen LogP contribution in [-0.4, -0.2) is 28.4 Å². The molecule has 82 valence electrons. The second kappa shape index (κ2) is 4.95. The van der Waals surface area contributed by atoms with Crippen molar-refractivity contribution in [1.82, 2.24) is 9.88 Å². The lowest BCUT2D eigenvalue weighted by molar-refractivity contribution is 0.259. The number of pyridine rings is 1. The van der Waals surface area contributed by atoms with E-state index in [1.807, 2.05) is 13.0 Å². The molecule has 0 aliphatic carbocycles. The molecule has 1 unspecified atom stereocenters. The van der Waals surface area contributed by atoms with E-state index in [9.17, 15) is 0 Å². The van der Waals surface area contributed by atoms with Gasteiger partial charge in [0, 0.05) is 24.2 Å². The average Bonchev–Trinajstić information content (AvgIpc) is 2.65. The third-order valence-corrected chi connectivity index (χ3v) is 3.34. The molecule has 0 spiro atoms. The topological polar surface area (TPSA) is 16.1 Å². The molecule has 0 amide bonds. The minimum Gasteiger partial charge on any atom is -0.293 e. The Morgan fingerprint density at radius 1 is 1.53 bits per heavy atom. The predicted molar refractivity (Wildman–Crippen MR) is 63.1 cm³/mol. The summed E-state index contributed by atoms with van der Waals surface area (Å²) in [4.78, 5) is 6.96. The maximum Gasteiger partial charge on any atom is 0.0547 e. The molecule has 0 N–H and O–H groups in total. The standard InChI is InChI=1S/C12H17ClN2/c1-10-4-2-5-11(14-10)9-15-7-3-6-12(15)8-13/h2,4-5,12H,3,6-9H2,1H3. The van der Waals surface area contributed by atoms with Crippen molar-refractivity contribution >= 4 is 11.6 Å². The molecule has 2 rings (SSSR count). The SMILES string of the molecule is Cc1cccc(CN2CCCC2CCl)n1. The molecule has 1 fully saturated rings. The van der Waals surface area contributed by atoms with E-state index in [1.165, 1.54) is 12.8 Å². The molecular formula is C12H17ClN2. The molecule has 1 aromatic heterocycles. The lowest BCUT2D eigenvalue weighted by Gasteiger charge is -2.21. The van der Waals surface area contributed by atoms with Gasteiger partial charge in [0.2, 0.25) is 0 Å².